The van der Waals surface area contributed by atoms with Gasteiger partial charge in [-0.25, -0.2) is 0 Å². The second-order valence-electron chi connectivity index (χ2n) is 4.99. The van der Waals surface area contributed by atoms with Crippen molar-refractivity contribution in [3.63, 3.8) is 0 Å². The molecule has 23 heavy (non-hydrogen) atoms. The first-order valence-electron chi connectivity index (χ1n) is 6.72. The quantitative estimate of drug-likeness (QED) is 0.640. The molecule has 1 rings (SSSR count). The standard InChI is InChI=1S/C14H18ClF3N2O2S/c1-13(22,14(16,17)18)12(21)20-11-5-4-9(8-10(11)15)19-6-3-7-23-2/h4-5,8,19,22H,3,6-7H2,1-2H3,(H,20,21). The number of rotatable bonds is 7. The molecule has 0 aliphatic heterocycles. The molecule has 0 aliphatic rings. The number of hydrogen-bond acceptors (Lipinski definition) is 4. The minimum Gasteiger partial charge on any atom is -0.385 e. The van der Waals surface area contributed by atoms with Crippen LogP contribution in [0.1, 0.15) is 13.3 Å². The molecule has 0 saturated heterocycles. The number of nitrogens with one attached hydrogen (secondary N) is 2. The molecule has 0 aliphatic carbocycles. The van der Waals surface area contributed by atoms with Crippen molar-refractivity contribution >= 4 is 40.6 Å². The Bertz CT molecular complexity index is 553. The van der Waals surface area contributed by atoms with Crippen LogP contribution in [0.15, 0.2) is 18.2 Å². The molecule has 0 heterocycles. The van der Waals surface area contributed by atoms with Gasteiger partial charge in [0.15, 0.2) is 0 Å². The van der Waals surface area contributed by atoms with Crippen LogP contribution in [0.2, 0.25) is 5.02 Å². The fraction of sp³-hybridized carbons (Fsp3) is 0.500. The number of alkyl halides is 3. The zero-order valence-electron chi connectivity index (χ0n) is 12.6. The molecule has 1 unspecified atom stereocenters. The zero-order valence-corrected chi connectivity index (χ0v) is 14.2. The van der Waals surface area contributed by atoms with Gasteiger partial charge in [0.05, 0.1) is 10.7 Å². The molecule has 0 aromatic heterocycles. The zero-order chi connectivity index (χ0) is 17.7. The second-order valence-corrected chi connectivity index (χ2v) is 6.38. The van der Waals surface area contributed by atoms with Crippen molar-refractivity contribution in [3.8, 4) is 0 Å². The molecular weight excluding hydrogens is 353 g/mol. The van der Waals surface area contributed by atoms with Crippen LogP contribution in [-0.4, -0.2) is 41.3 Å². The van der Waals surface area contributed by atoms with E-state index in [0.717, 1.165) is 18.7 Å². The molecule has 1 aromatic rings. The highest BCUT2D eigenvalue weighted by molar-refractivity contribution is 7.98. The van der Waals surface area contributed by atoms with E-state index in [-0.39, 0.29) is 10.7 Å². The lowest BCUT2D eigenvalue weighted by molar-refractivity contribution is -0.242. The van der Waals surface area contributed by atoms with Gasteiger partial charge >= 0.3 is 6.18 Å². The van der Waals surface area contributed by atoms with Gasteiger partial charge in [0, 0.05) is 12.2 Å². The number of anilines is 2. The summed E-state index contributed by atoms with van der Waals surface area (Å²) in [6, 6.07) is 4.46. The van der Waals surface area contributed by atoms with E-state index in [9.17, 15) is 23.1 Å². The summed E-state index contributed by atoms with van der Waals surface area (Å²) < 4.78 is 37.8. The van der Waals surface area contributed by atoms with Gasteiger partial charge < -0.3 is 15.7 Å². The van der Waals surface area contributed by atoms with Gasteiger partial charge in [0.1, 0.15) is 0 Å². The Morgan fingerprint density at radius 3 is 2.57 bits per heavy atom. The van der Waals surface area contributed by atoms with Crippen molar-refractivity contribution in [2.45, 2.75) is 25.1 Å². The van der Waals surface area contributed by atoms with Crippen LogP contribution < -0.4 is 10.6 Å². The lowest BCUT2D eigenvalue weighted by atomic mass is 10.1. The Hall–Kier alpha value is -1.12. The van der Waals surface area contributed by atoms with Gasteiger partial charge in [-0.05, 0) is 43.6 Å². The van der Waals surface area contributed by atoms with Crippen LogP contribution >= 0.6 is 23.4 Å². The summed E-state index contributed by atoms with van der Waals surface area (Å²) in [5, 5.41) is 14.5. The van der Waals surface area contributed by atoms with E-state index < -0.39 is 17.7 Å². The molecule has 1 amide bonds. The lowest BCUT2D eigenvalue weighted by Crippen LogP contribution is -2.52. The van der Waals surface area contributed by atoms with Crippen molar-refractivity contribution in [2.75, 3.05) is 29.2 Å². The Kier molecular flexibility index (Phi) is 7.03. The van der Waals surface area contributed by atoms with Gasteiger partial charge in [0.25, 0.3) is 5.91 Å². The van der Waals surface area contributed by atoms with E-state index >= 15 is 0 Å². The summed E-state index contributed by atoms with van der Waals surface area (Å²) in [5.74, 6) is -0.589. The SMILES string of the molecule is CSCCCNc1ccc(NC(=O)C(C)(O)C(F)(F)F)c(Cl)c1. The Balaban J connectivity index is 2.74. The first-order chi connectivity index (χ1) is 10.6. The number of hydrogen-bond donors (Lipinski definition) is 3. The topological polar surface area (TPSA) is 61.4 Å². The van der Waals surface area contributed by atoms with Crippen molar-refractivity contribution < 1.29 is 23.1 Å². The van der Waals surface area contributed by atoms with E-state index in [1.54, 1.807) is 17.8 Å². The third-order valence-corrected chi connectivity index (χ3v) is 4.08. The fourth-order valence-corrected chi connectivity index (χ4v) is 2.21. The van der Waals surface area contributed by atoms with Gasteiger partial charge in [0.2, 0.25) is 5.60 Å². The molecule has 1 aromatic carbocycles. The highest BCUT2D eigenvalue weighted by Crippen LogP contribution is 2.32. The molecule has 0 fully saturated rings. The number of benzene rings is 1. The molecule has 9 heteroatoms. The van der Waals surface area contributed by atoms with Gasteiger partial charge in [-0.15, -0.1) is 0 Å². The number of amides is 1. The van der Waals surface area contributed by atoms with Crippen LogP contribution in [0.5, 0.6) is 0 Å². The maximum atomic E-state index is 12.6. The van der Waals surface area contributed by atoms with Crippen molar-refractivity contribution in [3.05, 3.63) is 23.2 Å². The smallest absolute Gasteiger partial charge is 0.385 e. The predicted octanol–water partition coefficient (Wildman–Crippen LogP) is 3.76. The summed E-state index contributed by atoms with van der Waals surface area (Å²) in [4.78, 5) is 11.6. The molecule has 0 radical (unpaired) electrons. The molecule has 3 N–H and O–H groups in total. The first kappa shape index (κ1) is 19.9. The Morgan fingerprint density at radius 2 is 2.04 bits per heavy atom. The first-order valence-corrected chi connectivity index (χ1v) is 8.49. The van der Waals surface area contributed by atoms with Crippen molar-refractivity contribution in [1.82, 2.24) is 0 Å². The summed E-state index contributed by atoms with van der Waals surface area (Å²) in [6.07, 6.45) is -2.13. The summed E-state index contributed by atoms with van der Waals surface area (Å²) in [5.41, 5.74) is -2.81. The lowest BCUT2D eigenvalue weighted by Gasteiger charge is -2.25. The van der Waals surface area contributed by atoms with E-state index in [2.05, 4.69) is 5.32 Å². The van der Waals surface area contributed by atoms with E-state index in [1.165, 1.54) is 12.1 Å². The van der Waals surface area contributed by atoms with Gasteiger partial charge in [-0.2, -0.15) is 24.9 Å². The number of thioether (sulfide) groups is 1. The Morgan fingerprint density at radius 1 is 1.39 bits per heavy atom. The number of carbonyl (C=O) groups excluding carboxylic acids is 1. The molecule has 0 spiro atoms. The minimum atomic E-state index is -5.08. The molecule has 1 atom stereocenters. The maximum Gasteiger partial charge on any atom is 0.426 e. The number of halogens is 4. The normalized spacial score (nSPS) is 14.2. The second kappa shape index (κ2) is 8.12. The van der Waals surface area contributed by atoms with Crippen LogP contribution in [0.4, 0.5) is 24.5 Å². The van der Waals surface area contributed by atoms with Crippen molar-refractivity contribution in [2.24, 2.45) is 0 Å². The molecule has 130 valence electrons. The van der Waals surface area contributed by atoms with Gasteiger partial charge in [-0.3, -0.25) is 4.79 Å². The summed E-state index contributed by atoms with van der Waals surface area (Å²) >= 11 is 7.68. The number of aliphatic hydroxyl groups is 1. The average Bonchev–Trinajstić information content (AvgIpc) is 2.45. The average molecular weight is 371 g/mol. The third kappa shape index (κ3) is 5.47. The monoisotopic (exact) mass is 370 g/mol. The van der Waals surface area contributed by atoms with Crippen LogP contribution in [0.3, 0.4) is 0 Å². The highest BCUT2D eigenvalue weighted by atomic mass is 35.5. The summed E-state index contributed by atoms with van der Waals surface area (Å²) in [7, 11) is 0. The maximum absolute atomic E-state index is 12.6. The predicted molar refractivity (Wildman–Crippen MR) is 88.2 cm³/mol. The Labute approximate surface area is 141 Å². The van der Waals surface area contributed by atoms with Crippen molar-refractivity contribution in [1.29, 1.82) is 0 Å². The van der Waals surface area contributed by atoms with Crippen LogP contribution in [-0.2, 0) is 4.79 Å². The molecular formula is C14H18ClF3N2O2S. The molecule has 4 nitrogen and oxygen atoms in total. The molecule has 0 bridgehead atoms. The fourth-order valence-electron chi connectivity index (χ4n) is 1.55. The van der Waals surface area contributed by atoms with E-state index in [4.69, 9.17) is 11.6 Å². The van der Waals surface area contributed by atoms with Crippen LogP contribution in [0, 0.1) is 0 Å². The largest absolute Gasteiger partial charge is 0.426 e. The van der Waals surface area contributed by atoms with Gasteiger partial charge in [-0.1, -0.05) is 11.6 Å². The molecule has 0 saturated carbocycles. The third-order valence-electron chi connectivity index (χ3n) is 3.07. The summed E-state index contributed by atoms with van der Waals surface area (Å²) in [6.45, 7) is 1.11. The minimum absolute atomic E-state index is 0.00384. The van der Waals surface area contributed by atoms with E-state index in [1.807, 2.05) is 11.6 Å². The number of carbonyl (C=O) groups is 1. The van der Waals surface area contributed by atoms with Crippen LogP contribution in [0.25, 0.3) is 0 Å². The van der Waals surface area contributed by atoms with E-state index in [0.29, 0.717) is 12.6 Å². The highest BCUT2D eigenvalue weighted by Gasteiger charge is 2.55.